The van der Waals surface area contributed by atoms with Crippen molar-refractivity contribution >= 4 is 16.6 Å². The molecule has 0 saturated heterocycles. The molecule has 5 nitrogen and oxygen atoms in total. The lowest BCUT2D eigenvalue weighted by molar-refractivity contribution is 0.335. The summed E-state index contributed by atoms with van der Waals surface area (Å²) in [4.78, 5) is 11.1. The smallest absolute Gasteiger partial charge is 0.222 e. The number of nitroso groups, excluding NO2 is 1. The molecule has 0 atom stereocenters. The SMILES string of the molecule is CCOc1ccccc1Cn1c(O)c(N=O)c2cc(C)ccc21. The molecule has 0 spiro atoms. The molecular weight excluding hydrogens is 292 g/mol. The summed E-state index contributed by atoms with van der Waals surface area (Å²) in [5.41, 5.74) is 2.79. The van der Waals surface area contributed by atoms with E-state index >= 15 is 0 Å². The Morgan fingerprint density at radius 1 is 1.22 bits per heavy atom. The first-order chi connectivity index (χ1) is 11.2. The zero-order valence-corrected chi connectivity index (χ0v) is 13.1. The first kappa shape index (κ1) is 15.1. The van der Waals surface area contributed by atoms with E-state index in [1.165, 1.54) is 0 Å². The molecule has 0 unspecified atom stereocenters. The average molecular weight is 310 g/mol. The molecule has 0 bridgehead atoms. The van der Waals surface area contributed by atoms with E-state index < -0.39 is 0 Å². The number of ether oxygens (including phenoxy) is 1. The van der Waals surface area contributed by atoms with E-state index in [9.17, 15) is 10.0 Å². The van der Waals surface area contributed by atoms with Crippen LogP contribution in [0.2, 0.25) is 0 Å². The summed E-state index contributed by atoms with van der Waals surface area (Å²) in [5, 5.41) is 14.1. The number of hydrogen-bond donors (Lipinski definition) is 1. The number of aromatic nitrogens is 1. The van der Waals surface area contributed by atoms with Gasteiger partial charge in [-0.15, -0.1) is 4.91 Å². The van der Waals surface area contributed by atoms with Gasteiger partial charge < -0.3 is 14.4 Å². The van der Waals surface area contributed by atoms with E-state index in [2.05, 4.69) is 5.18 Å². The third-order valence-corrected chi connectivity index (χ3v) is 3.86. The second kappa shape index (κ2) is 6.12. The predicted molar refractivity (Wildman–Crippen MR) is 90.5 cm³/mol. The van der Waals surface area contributed by atoms with Gasteiger partial charge in [-0.05, 0) is 37.2 Å². The minimum absolute atomic E-state index is 0.0811. The molecule has 23 heavy (non-hydrogen) atoms. The molecular formula is C18H18N2O3. The lowest BCUT2D eigenvalue weighted by Crippen LogP contribution is -2.02. The fourth-order valence-electron chi connectivity index (χ4n) is 2.79. The lowest BCUT2D eigenvalue weighted by atomic mass is 10.1. The highest BCUT2D eigenvalue weighted by Crippen LogP contribution is 2.39. The fourth-order valence-corrected chi connectivity index (χ4v) is 2.79. The Morgan fingerprint density at radius 3 is 2.74 bits per heavy atom. The van der Waals surface area contributed by atoms with Crippen LogP contribution in [0, 0.1) is 11.8 Å². The molecule has 3 aromatic rings. The van der Waals surface area contributed by atoms with Crippen LogP contribution in [0.3, 0.4) is 0 Å². The van der Waals surface area contributed by atoms with Gasteiger partial charge in [-0.2, -0.15) is 0 Å². The zero-order valence-electron chi connectivity index (χ0n) is 13.1. The van der Waals surface area contributed by atoms with Gasteiger partial charge in [-0.25, -0.2) is 0 Å². The minimum Gasteiger partial charge on any atom is -0.494 e. The highest BCUT2D eigenvalue weighted by atomic mass is 16.5. The van der Waals surface area contributed by atoms with E-state index in [1.54, 1.807) is 4.57 Å². The van der Waals surface area contributed by atoms with Crippen LogP contribution in [0.15, 0.2) is 47.6 Å². The molecule has 0 aliphatic rings. The summed E-state index contributed by atoms with van der Waals surface area (Å²) in [7, 11) is 0. The topological polar surface area (TPSA) is 63.8 Å². The van der Waals surface area contributed by atoms with Crippen LogP contribution < -0.4 is 4.74 Å². The number of fused-ring (bicyclic) bond motifs is 1. The molecule has 3 rings (SSSR count). The van der Waals surface area contributed by atoms with Gasteiger partial charge in [-0.1, -0.05) is 29.8 Å². The highest BCUT2D eigenvalue weighted by Gasteiger charge is 2.18. The molecule has 0 aliphatic heterocycles. The minimum atomic E-state index is -0.119. The zero-order chi connectivity index (χ0) is 16.4. The van der Waals surface area contributed by atoms with Crippen LogP contribution in [-0.4, -0.2) is 16.3 Å². The number of aryl methyl sites for hydroxylation is 1. The summed E-state index contributed by atoms with van der Waals surface area (Å²) >= 11 is 0. The van der Waals surface area contributed by atoms with E-state index in [0.717, 1.165) is 22.4 Å². The Kier molecular flexibility index (Phi) is 4.02. The third kappa shape index (κ3) is 2.65. The van der Waals surface area contributed by atoms with Gasteiger partial charge in [0, 0.05) is 10.9 Å². The van der Waals surface area contributed by atoms with Crippen LogP contribution in [0.1, 0.15) is 18.1 Å². The maximum atomic E-state index is 11.1. The van der Waals surface area contributed by atoms with Crippen molar-refractivity contribution in [2.75, 3.05) is 6.61 Å². The monoisotopic (exact) mass is 310 g/mol. The first-order valence-electron chi connectivity index (χ1n) is 7.51. The van der Waals surface area contributed by atoms with E-state index in [1.807, 2.05) is 56.3 Å². The van der Waals surface area contributed by atoms with E-state index in [0.29, 0.717) is 18.5 Å². The average Bonchev–Trinajstić information content (AvgIpc) is 2.80. The van der Waals surface area contributed by atoms with Crippen molar-refractivity contribution in [1.29, 1.82) is 0 Å². The van der Waals surface area contributed by atoms with Gasteiger partial charge in [0.15, 0.2) is 5.69 Å². The van der Waals surface area contributed by atoms with Gasteiger partial charge >= 0.3 is 0 Å². The van der Waals surface area contributed by atoms with E-state index in [4.69, 9.17) is 4.74 Å². The Balaban J connectivity index is 2.14. The number of aromatic hydroxyl groups is 1. The maximum Gasteiger partial charge on any atom is 0.222 e. The lowest BCUT2D eigenvalue weighted by Gasteiger charge is -2.12. The standard InChI is InChI=1S/C18H18N2O3/c1-3-23-16-7-5-4-6-13(16)11-20-15-9-8-12(2)10-14(15)17(19-22)18(20)21/h4-10,21H,3,11H2,1-2H3. The third-order valence-electron chi connectivity index (χ3n) is 3.86. The number of para-hydroxylation sites is 1. The summed E-state index contributed by atoms with van der Waals surface area (Å²) in [6.45, 7) is 4.83. The second-order valence-electron chi connectivity index (χ2n) is 5.41. The van der Waals surface area contributed by atoms with Crippen LogP contribution in [0.25, 0.3) is 10.9 Å². The van der Waals surface area contributed by atoms with Crippen molar-refractivity contribution in [3.05, 3.63) is 58.5 Å². The van der Waals surface area contributed by atoms with Crippen molar-refractivity contribution in [1.82, 2.24) is 4.57 Å². The van der Waals surface area contributed by atoms with Crippen LogP contribution >= 0.6 is 0 Å². The molecule has 1 heterocycles. The molecule has 0 saturated carbocycles. The molecule has 0 amide bonds. The summed E-state index contributed by atoms with van der Waals surface area (Å²) < 4.78 is 7.32. The number of rotatable bonds is 5. The van der Waals surface area contributed by atoms with Gasteiger partial charge in [0.05, 0.1) is 18.7 Å². The van der Waals surface area contributed by atoms with Crippen molar-refractivity contribution in [2.24, 2.45) is 5.18 Å². The Labute approximate surface area is 134 Å². The Morgan fingerprint density at radius 2 is 2.00 bits per heavy atom. The van der Waals surface area contributed by atoms with Gasteiger partial charge in [0.1, 0.15) is 5.75 Å². The first-order valence-corrected chi connectivity index (χ1v) is 7.51. The summed E-state index contributed by atoms with van der Waals surface area (Å²) in [5.74, 6) is 0.649. The molecule has 1 aromatic heterocycles. The van der Waals surface area contributed by atoms with Gasteiger partial charge in [0.25, 0.3) is 0 Å². The molecule has 5 heteroatoms. The quantitative estimate of drug-likeness (QED) is 0.706. The summed E-state index contributed by atoms with van der Waals surface area (Å²) in [6, 6.07) is 13.4. The molecule has 1 N–H and O–H groups in total. The molecule has 0 fully saturated rings. The highest BCUT2D eigenvalue weighted by molar-refractivity contribution is 5.95. The molecule has 2 aromatic carbocycles. The van der Waals surface area contributed by atoms with Crippen LogP contribution in [-0.2, 0) is 6.54 Å². The van der Waals surface area contributed by atoms with Crippen molar-refractivity contribution in [3.63, 3.8) is 0 Å². The maximum absolute atomic E-state index is 11.1. The van der Waals surface area contributed by atoms with Crippen molar-refractivity contribution < 1.29 is 9.84 Å². The molecule has 118 valence electrons. The number of hydrogen-bond acceptors (Lipinski definition) is 4. The van der Waals surface area contributed by atoms with Crippen molar-refractivity contribution in [3.8, 4) is 11.6 Å². The number of nitrogens with zero attached hydrogens (tertiary/aromatic N) is 2. The molecule has 0 radical (unpaired) electrons. The predicted octanol–water partition coefficient (Wildman–Crippen LogP) is 4.50. The van der Waals surface area contributed by atoms with E-state index in [-0.39, 0.29) is 11.6 Å². The Bertz CT molecular complexity index is 868. The number of benzene rings is 2. The van der Waals surface area contributed by atoms with Gasteiger partial charge in [0.2, 0.25) is 5.88 Å². The normalized spacial score (nSPS) is 10.9. The summed E-state index contributed by atoms with van der Waals surface area (Å²) in [6.07, 6.45) is 0. The molecule has 0 aliphatic carbocycles. The fraction of sp³-hybridized carbons (Fsp3) is 0.222. The van der Waals surface area contributed by atoms with Crippen molar-refractivity contribution in [2.45, 2.75) is 20.4 Å². The van der Waals surface area contributed by atoms with Gasteiger partial charge in [-0.3, -0.25) is 0 Å². The second-order valence-corrected chi connectivity index (χ2v) is 5.41. The van der Waals surface area contributed by atoms with Crippen LogP contribution in [0.5, 0.6) is 11.6 Å². The Hall–Kier alpha value is -2.82. The largest absolute Gasteiger partial charge is 0.494 e. The van der Waals surface area contributed by atoms with Crippen LogP contribution in [0.4, 0.5) is 5.69 Å².